The Morgan fingerprint density at radius 1 is 1.04 bits per heavy atom. The SMILES string of the molecule is CCCCOCCNC(=NCc1ccc(OC)c(OC)c1)NCC. The lowest BCUT2D eigenvalue weighted by atomic mass is 10.2. The number of rotatable bonds is 11. The number of aliphatic imine (C=N–C) groups is 1. The first-order valence-corrected chi connectivity index (χ1v) is 8.55. The fourth-order valence-electron chi connectivity index (χ4n) is 2.08. The van der Waals surface area contributed by atoms with Gasteiger partial charge in [-0.05, 0) is 31.0 Å². The van der Waals surface area contributed by atoms with Crippen molar-refractivity contribution >= 4 is 5.96 Å². The highest BCUT2D eigenvalue weighted by Crippen LogP contribution is 2.27. The molecule has 0 aliphatic heterocycles. The number of hydrogen-bond acceptors (Lipinski definition) is 4. The van der Waals surface area contributed by atoms with Gasteiger partial charge in [0.05, 0.1) is 27.4 Å². The molecule has 0 heterocycles. The second-order valence-electron chi connectivity index (χ2n) is 5.28. The molecule has 0 amide bonds. The Balaban J connectivity index is 2.52. The molecule has 0 aliphatic carbocycles. The fourth-order valence-corrected chi connectivity index (χ4v) is 2.08. The van der Waals surface area contributed by atoms with Gasteiger partial charge in [0, 0.05) is 19.7 Å². The Morgan fingerprint density at radius 3 is 2.50 bits per heavy atom. The van der Waals surface area contributed by atoms with Crippen molar-refractivity contribution in [3.05, 3.63) is 23.8 Å². The van der Waals surface area contributed by atoms with Gasteiger partial charge in [-0.1, -0.05) is 19.4 Å². The Hall–Kier alpha value is -1.95. The van der Waals surface area contributed by atoms with Crippen LogP contribution in [-0.2, 0) is 11.3 Å². The predicted octanol–water partition coefficient (Wildman–Crippen LogP) is 2.58. The maximum Gasteiger partial charge on any atom is 0.191 e. The first-order chi connectivity index (χ1) is 11.7. The van der Waals surface area contributed by atoms with Crippen molar-refractivity contribution in [1.82, 2.24) is 10.6 Å². The molecule has 6 nitrogen and oxygen atoms in total. The van der Waals surface area contributed by atoms with Crippen LogP contribution >= 0.6 is 0 Å². The molecule has 0 saturated heterocycles. The molecular weight excluding hydrogens is 306 g/mol. The van der Waals surface area contributed by atoms with Gasteiger partial charge in [0.2, 0.25) is 0 Å². The van der Waals surface area contributed by atoms with Crippen LogP contribution in [0, 0.1) is 0 Å². The van der Waals surface area contributed by atoms with Crippen molar-refractivity contribution < 1.29 is 14.2 Å². The number of nitrogens with one attached hydrogen (secondary N) is 2. The van der Waals surface area contributed by atoms with E-state index in [1.54, 1.807) is 14.2 Å². The molecule has 6 heteroatoms. The van der Waals surface area contributed by atoms with Gasteiger partial charge in [-0.25, -0.2) is 4.99 Å². The highest BCUT2D eigenvalue weighted by molar-refractivity contribution is 5.79. The first kappa shape index (κ1) is 20.1. The topological polar surface area (TPSA) is 64.1 Å². The van der Waals surface area contributed by atoms with E-state index < -0.39 is 0 Å². The average molecular weight is 337 g/mol. The zero-order chi connectivity index (χ0) is 17.6. The zero-order valence-corrected chi connectivity index (χ0v) is 15.4. The Morgan fingerprint density at radius 2 is 1.83 bits per heavy atom. The summed E-state index contributed by atoms with van der Waals surface area (Å²) >= 11 is 0. The van der Waals surface area contributed by atoms with E-state index in [-0.39, 0.29) is 0 Å². The van der Waals surface area contributed by atoms with Crippen molar-refractivity contribution in [2.75, 3.05) is 40.5 Å². The number of nitrogens with zero attached hydrogens (tertiary/aromatic N) is 1. The molecule has 0 spiro atoms. The molecule has 1 rings (SSSR count). The van der Waals surface area contributed by atoms with Crippen LogP contribution in [0.15, 0.2) is 23.2 Å². The van der Waals surface area contributed by atoms with E-state index in [0.717, 1.165) is 49.8 Å². The third-order valence-electron chi connectivity index (χ3n) is 3.39. The van der Waals surface area contributed by atoms with E-state index in [1.807, 2.05) is 25.1 Å². The number of methoxy groups -OCH3 is 2. The minimum absolute atomic E-state index is 0.562. The summed E-state index contributed by atoms with van der Waals surface area (Å²) in [6, 6.07) is 5.83. The van der Waals surface area contributed by atoms with Crippen LogP contribution in [0.4, 0.5) is 0 Å². The summed E-state index contributed by atoms with van der Waals surface area (Å²) in [7, 11) is 3.26. The van der Waals surface area contributed by atoms with E-state index in [9.17, 15) is 0 Å². The molecule has 0 aromatic heterocycles. The van der Waals surface area contributed by atoms with Crippen molar-refractivity contribution in [3.8, 4) is 11.5 Å². The summed E-state index contributed by atoms with van der Waals surface area (Å²) in [6.45, 7) is 7.82. The largest absolute Gasteiger partial charge is 0.493 e. The molecule has 1 aromatic rings. The second kappa shape index (κ2) is 12.5. The number of benzene rings is 1. The molecule has 0 radical (unpaired) electrons. The molecule has 24 heavy (non-hydrogen) atoms. The van der Waals surface area contributed by atoms with Crippen molar-refractivity contribution in [1.29, 1.82) is 0 Å². The van der Waals surface area contributed by atoms with Gasteiger partial charge in [0.25, 0.3) is 0 Å². The second-order valence-corrected chi connectivity index (χ2v) is 5.28. The molecule has 0 aliphatic rings. The Kier molecular flexibility index (Phi) is 10.4. The van der Waals surface area contributed by atoms with Crippen LogP contribution < -0.4 is 20.1 Å². The summed E-state index contributed by atoms with van der Waals surface area (Å²) in [4.78, 5) is 4.59. The van der Waals surface area contributed by atoms with Crippen LogP contribution in [0.5, 0.6) is 11.5 Å². The molecule has 136 valence electrons. The van der Waals surface area contributed by atoms with Crippen LogP contribution in [0.3, 0.4) is 0 Å². The van der Waals surface area contributed by atoms with Crippen molar-refractivity contribution in [2.24, 2.45) is 4.99 Å². The molecule has 0 fully saturated rings. The lowest BCUT2D eigenvalue weighted by molar-refractivity contribution is 0.136. The number of ether oxygens (including phenoxy) is 3. The van der Waals surface area contributed by atoms with E-state index in [4.69, 9.17) is 14.2 Å². The minimum atomic E-state index is 0.562. The molecule has 0 unspecified atom stereocenters. The Labute approximate surface area is 145 Å². The summed E-state index contributed by atoms with van der Waals surface area (Å²) in [5.74, 6) is 2.22. The summed E-state index contributed by atoms with van der Waals surface area (Å²) in [5, 5.41) is 6.51. The van der Waals surface area contributed by atoms with Crippen molar-refractivity contribution in [2.45, 2.75) is 33.2 Å². The van der Waals surface area contributed by atoms with Gasteiger partial charge < -0.3 is 24.8 Å². The van der Waals surface area contributed by atoms with E-state index in [2.05, 4.69) is 22.5 Å². The van der Waals surface area contributed by atoms with Gasteiger partial charge >= 0.3 is 0 Å². The lowest BCUT2D eigenvalue weighted by Gasteiger charge is -2.12. The molecular formula is C18H31N3O3. The molecule has 0 saturated carbocycles. The van der Waals surface area contributed by atoms with Gasteiger partial charge in [-0.3, -0.25) is 0 Å². The molecule has 0 atom stereocenters. The predicted molar refractivity (Wildman–Crippen MR) is 98.1 cm³/mol. The third kappa shape index (κ3) is 7.55. The van der Waals surface area contributed by atoms with E-state index >= 15 is 0 Å². The highest BCUT2D eigenvalue weighted by atomic mass is 16.5. The zero-order valence-electron chi connectivity index (χ0n) is 15.4. The lowest BCUT2D eigenvalue weighted by Crippen LogP contribution is -2.39. The van der Waals surface area contributed by atoms with E-state index in [1.165, 1.54) is 0 Å². The number of unbranched alkanes of at least 4 members (excludes halogenated alkanes) is 1. The molecule has 0 bridgehead atoms. The minimum Gasteiger partial charge on any atom is -0.493 e. The van der Waals surface area contributed by atoms with Gasteiger partial charge in [0.15, 0.2) is 17.5 Å². The summed E-state index contributed by atoms with van der Waals surface area (Å²) in [6.07, 6.45) is 2.26. The van der Waals surface area contributed by atoms with Gasteiger partial charge in [-0.15, -0.1) is 0 Å². The maximum atomic E-state index is 5.55. The normalized spacial score (nSPS) is 11.2. The Bertz CT molecular complexity index is 492. The van der Waals surface area contributed by atoms with Gasteiger partial charge in [-0.2, -0.15) is 0 Å². The van der Waals surface area contributed by atoms with Crippen LogP contribution in [0.1, 0.15) is 32.3 Å². The van der Waals surface area contributed by atoms with Crippen LogP contribution in [0.25, 0.3) is 0 Å². The van der Waals surface area contributed by atoms with Crippen LogP contribution in [0.2, 0.25) is 0 Å². The average Bonchev–Trinajstić information content (AvgIpc) is 2.62. The highest BCUT2D eigenvalue weighted by Gasteiger charge is 2.04. The number of guanidine groups is 1. The van der Waals surface area contributed by atoms with E-state index in [0.29, 0.717) is 18.9 Å². The van der Waals surface area contributed by atoms with Gasteiger partial charge in [0.1, 0.15) is 0 Å². The first-order valence-electron chi connectivity index (χ1n) is 8.55. The fraction of sp³-hybridized carbons (Fsp3) is 0.611. The quantitative estimate of drug-likeness (QED) is 0.369. The molecule has 1 aromatic carbocycles. The smallest absolute Gasteiger partial charge is 0.191 e. The summed E-state index contributed by atoms with van der Waals surface area (Å²) in [5.41, 5.74) is 1.06. The standard InChI is InChI=1S/C18H31N3O3/c1-5-7-11-24-12-10-20-18(19-6-2)21-14-15-8-9-16(22-3)17(13-15)23-4/h8-9,13H,5-7,10-12,14H2,1-4H3,(H2,19,20,21). The number of hydrogen-bond donors (Lipinski definition) is 2. The monoisotopic (exact) mass is 337 g/mol. The van der Waals surface area contributed by atoms with Crippen LogP contribution in [-0.4, -0.2) is 46.5 Å². The maximum absolute atomic E-state index is 5.55. The summed E-state index contributed by atoms with van der Waals surface area (Å²) < 4.78 is 16.1. The third-order valence-corrected chi connectivity index (χ3v) is 3.39. The molecule has 2 N–H and O–H groups in total. The van der Waals surface area contributed by atoms with Crippen molar-refractivity contribution in [3.63, 3.8) is 0 Å².